The van der Waals surface area contributed by atoms with Crippen molar-refractivity contribution in [3.8, 4) is 22.6 Å². The number of nitrogens with zero attached hydrogens (tertiary/aromatic N) is 5. The number of hydrogen-bond donors (Lipinski definition) is 1. The molecular formula is C22H14N6O. The minimum atomic E-state index is -0.176. The normalized spacial score (nSPS) is 12.1. The monoisotopic (exact) mass is 378 g/mol. The van der Waals surface area contributed by atoms with Crippen molar-refractivity contribution in [3.05, 3.63) is 89.5 Å². The summed E-state index contributed by atoms with van der Waals surface area (Å²) in [4.78, 5) is 29.0. The number of aromatic nitrogens is 5. The van der Waals surface area contributed by atoms with E-state index in [1.807, 2.05) is 71.7 Å². The smallest absolute Gasteiger partial charge is 0.305 e. The van der Waals surface area contributed by atoms with Crippen LogP contribution in [-0.4, -0.2) is 30.3 Å². The van der Waals surface area contributed by atoms with Crippen molar-refractivity contribution in [3.63, 3.8) is 0 Å². The summed E-state index contributed by atoms with van der Waals surface area (Å²) in [7, 11) is 0. The molecule has 0 saturated heterocycles. The van der Waals surface area contributed by atoms with E-state index in [-0.39, 0.29) is 5.69 Å². The van der Waals surface area contributed by atoms with E-state index in [0.717, 1.165) is 44.9 Å². The first-order chi connectivity index (χ1) is 14.3. The van der Waals surface area contributed by atoms with Crippen LogP contribution in [0, 0.1) is 0 Å². The van der Waals surface area contributed by atoms with E-state index in [1.54, 1.807) is 17.1 Å². The van der Waals surface area contributed by atoms with Gasteiger partial charge in [-0.25, -0.2) is 14.8 Å². The maximum absolute atomic E-state index is 12.7. The molecule has 1 N–H and O–H groups in total. The summed E-state index contributed by atoms with van der Waals surface area (Å²) in [6, 6.07) is 15.6. The average molecular weight is 378 g/mol. The summed E-state index contributed by atoms with van der Waals surface area (Å²) in [5.74, 6) is 0.785. The molecule has 138 valence electrons. The molecule has 6 rings (SSSR count). The first-order valence-electron chi connectivity index (χ1n) is 9.15. The summed E-state index contributed by atoms with van der Waals surface area (Å²) in [5.41, 5.74) is 5.68. The van der Waals surface area contributed by atoms with Crippen molar-refractivity contribution in [2.45, 2.75) is 0 Å². The number of H-pyrrole nitrogens is 1. The van der Waals surface area contributed by atoms with E-state index in [9.17, 15) is 4.79 Å². The van der Waals surface area contributed by atoms with Crippen LogP contribution in [0.4, 0.5) is 5.69 Å². The van der Waals surface area contributed by atoms with Crippen LogP contribution in [0.5, 0.6) is 0 Å². The number of imidazole rings is 2. The zero-order chi connectivity index (χ0) is 19.4. The van der Waals surface area contributed by atoms with Gasteiger partial charge in [0.1, 0.15) is 12.1 Å². The molecule has 7 nitrogen and oxygen atoms in total. The number of rotatable bonds is 2. The van der Waals surface area contributed by atoms with Gasteiger partial charge in [-0.1, -0.05) is 24.3 Å². The van der Waals surface area contributed by atoms with E-state index in [2.05, 4.69) is 15.0 Å². The summed E-state index contributed by atoms with van der Waals surface area (Å²) in [5, 5.41) is 0. The summed E-state index contributed by atoms with van der Waals surface area (Å²) in [6.07, 6.45) is 8.90. The van der Waals surface area contributed by atoms with Gasteiger partial charge in [0.2, 0.25) is 0 Å². The SMILES string of the molecule is O=c1[nH]c2cccc3c2n1-c1cccc(-c2ccc(-n4ccnc4)nc2)c1N=C3. The quantitative estimate of drug-likeness (QED) is 0.500. The van der Waals surface area contributed by atoms with Crippen molar-refractivity contribution < 1.29 is 0 Å². The Labute approximate surface area is 164 Å². The molecule has 3 aromatic heterocycles. The van der Waals surface area contributed by atoms with Crippen LogP contribution in [0.25, 0.3) is 33.7 Å². The highest BCUT2D eigenvalue weighted by atomic mass is 16.1. The number of nitrogens with one attached hydrogen (secondary N) is 1. The zero-order valence-corrected chi connectivity index (χ0v) is 15.1. The van der Waals surface area contributed by atoms with Crippen molar-refractivity contribution in [1.29, 1.82) is 0 Å². The van der Waals surface area contributed by atoms with Gasteiger partial charge in [-0.3, -0.25) is 14.1 Å². The van der Waals surface area contributed by atoms with Gasteiger partial charge < -0.3 is 4.98 Å². The number of benzene rings is 2. The zero-order valence-electron chi connectivity index (χ0n) is 15.1. The van der Waals surface area contributed by atoms with Crippen molar-refractivity contribution >= 4 is 22.9 Å². The van der Waals surface area contributed by atoms with Crippen molar-refractivity contribution in [1.82, 2.24) is 24.1 Å². The number of fused-ring (bicyclic) bond motifs is 2. The fraction of sp³-hybridized carbons (Fsp3) is 0. The Kier molecular flexibility index (Phi) is 3.19. The van der Waals surface area contributed by atoms with Crippen molar-refractivity contribution in [2.24, 2.45) is 4.99 Å². The molecule has 1 aliphatic rings. The van der Waals surface area contributed by atoms with E-state index in [1.165, 1.54) is 0 Å². The van der Waals surface area contributed by atoms with Gasteiger partial charge in [-0.2, -0.15) is 0 Å². The molecule has 5 aromatic rings. The summed E-state index contributed by atoms with van der Waals surface area (Å²) in [6.45, 7) is 0. The molecule has 29 heavy (non-hydrogen) atoms. The predicted molar refractivity (Wildman–Crippen MR) is 112 cm³/mol. The maximum atomic E-state index is 12.7. The minimum Gasteiger partial charge on any atom is -0.305 e. The van der Waals surface area contributed by atoms with Crippen LogP contribution in [0.15, 0.2) is 83.2 Å². The van der Waals surface area contributed by atoms with Gasteiger partial charge in [0, 0.05) is 41.5 Å². The van der Waals surface area contributed by atoms with Gasteiger partial charge in [-0.05, 0) is 24.3 Å². The number of hydrogen-bond acceptors (Lipinski definition) is 4. The number of pyridine rings is 1. The number of aliphatic imine (C=N–C) groups is 1. The number of aromatic amines is 1. The highest BCUT2D eigenvalue weighted by molar-refractivity contribution is 6.01. The highest BCUT2D eigenvalue weighted by Gasteiger charge is 2.19. The van der Waals surface area contributed by atoms with E-state index < -0.39 is 0 Å². The topological polar surface area (TPSA) is 80.9 Å². The fourth-order valence-electron chi connectivity index (χ4n) is 3.83. The largest absolute Gasteiger partial charge is 0.331 e. The van der Waals surface area contributed by atoms with Crippen LogP contribution < -0.4 is 5.69 Å². The van der Waals surface area contributed by atoms with Crippen LogP contribution in [0.2, 0.25) is 0 Å². The minimum absolute atomic E-state index is 0.176. The molecule has 1 aliphatic heterocycles. The first-order valence-corrected chi connectivity index (χ1v) is 9.15. The molecule has 2 aromatic carbocycles. The average Bonchev–Trinajstić information content (AvgIpc) is 3.35. The van der Waals surface area contributed by atoms with Crippen molar-refractivity contribution in [2.75, 3.05) is 0 Å². The van der Waals surface area contributed by atoms with E-state index in [0.29, 0.717) is 0 Å². The Hall–Kier alpha value is -4.26. The molecule has 0 spiro atoms. The molecule has 0 amide bonds. The summed E-state index contributed by atoms with van der Waals surface area (Å²) < 4.78 is 3.55. The molecule has 0 bridgehead atoms. The second kappa shape index (κ2) is 5.87. The molecular weight excluding hydrogens is 364 g/mol. The van der Waals surface area contributed by atoms with Gasteiger partial charge in [0.05, 0.1) is 22.4 Å². The Morgan fingerprint density at radius 2 is 1.93 bits per heavy atom. The van der Waals surface area contributed by atoms with E-state index >= 15 is 0 Å². The highest BCUT2D eigenvalue weighted by Crippen LogP contribution is 2.38. The van der Waals surface area contributed by atoms with Crippen LogP contribution in [0.3, 0.4) is 0 Å². The second-order valence-corrected chi connectivity index (χ2v) is 6.82. The molecule has 4 heterocycles. The lowest BCUT2D eigenvalue weighted by Gasteiger charge is -2.11. The molecule has 7 heteroatoms. The van der Waals surface area contributed by atoms with Gasteiger partial charge in [-0.15, -0.1) is 0 Å². The lowest BCUT2D eigenvalue weighted by atomic mass is 10.0. The molecule has 0 fully saturated rings. The van der Waals surface area contributed by atoms with Gasteiger partial charge >= 0.3 is 5.69 Å². The van der Waals surface area contributed by atoms with Crippen LogP contribution >= 0.6 is 0 Å². The molecule has 0 radical (unpaired) electrons. The second-order valence-electron chi connectivity index (χ2n) is 6.82. The standard InChI is InChI=1S/C22H14N6O/c29-22-26-17-5-1-3-15-12-25-20-16(4-2-6-18(20)28(22)21(15)17)14-7-8-19(24-11-14)27-10-9-23-13-27/h1-13H,(H,26,29). The van der Waals surface area contributed by atoms with E-state index in [4.69, 9.17) is 4.99 Å². The maximum Gasteiger partial charge on any atom is 0.331 e. The third-order valence-electron chi connectivity index (χ3n) is 5.15. The summed E-state index contributed by atoms with van der Waals surface area (Å²) >= 11 is 0. The molecule has 0 atom stereocenters. The molecule has 0 saturated carbocycles. The van der Waals surface area contributed by atoms with Crippen LogP contribution in [0.1, 0.15) is 5.56 Å². The predicted octanol–water partition coefficient (Wildman–Crippen LogP) is 3.63. The fourth-order valence-corrected chi connectivity index (χ4v) is 3.83. The molecule has 0 unspecified atom stereocenters. The Balaban J connectivity index is 1.57. The lowest BCUT2D eigenvalue weighted by molar-refractivity contribution is 0.993. The Morgan fingerprint density at radius 1 is 1.00 bits per heavy atom. The number of para-hydroxylation sites is 2. The lowest BCUT2D eigenvalue weighted by Crippen LogP contribution is -2.14. The van der Waals surface area contributed by atoms with Gasteiger partial charge in [0.15, 0.2) is 0 Å². The van der Waals surface area contributed by atoms with Gasteiger partial charge in [0.25, 0.3) is 0 Å². The first kappa shape index (κ1) is 15.8. The molecule has 0 aliphatic carbocycles. The third kappa shape index (κ3) is 2.31. The Morgan fingerprint density at radius 3 is 2.76 bits per heavy atom. The Bertz CT molecular complexity index is 1460. The third-order valence-corrected chi connectivity index (χ3v) is 5.15. The van der Waals surface area contributed by atoms with Crippen LogP contribution in [-0.2, 0) is 0 Å².